The summed E-state index contributed by atoms with van der Waals surface area (Å²) in [6.45, 7) is 0.548. The maximum absolute atomic E-state index is 13.5. The highest BCUT2D eigenvalue weighted by molar-refractivity contribution is 5.77. The summed E-state index contributed by atoms with van der Waals surface area (Å²) >= 11 is 0. The minimum absolute atomic E-state index is 0.270. The van der Waals surface area contributed by atoms with Crippen molar-refractivity contribution in [1.82, 2.24) is 5.32 Å². The summed E-state index contributed by atoms with van der Waals surface area (Å²) in [5.41, 5.74) is 6.07. The minimum Gasteiger partial charge on any atom is -0.497 e. The van der Waals surface area contributed by atoms with E-state index < -0.39 is 0 Å². The fourth-order valence-corrected chi connectivity index (χ4v) is 1.26. The molecule has 0 fully saturated rings. The lowest BCUT2D eigenvalue weighted by atomic mass is 10.1. The molecule has 1 aromatic rings. The molecule has 0 aliphatic carbocycles. The van der Waals surface area contributed by atoms with Gasteiger partial charge in [0, 0.05) is 19.7 Å². The number of methoxy groups -OCH3 is 1. The summed E-state index contributed by atoms with van der Waals surface area (Å²) in [6.07, 6.45) is 0.548. The van der Waals surface area contributed by atoms with Crippen LogP contribution >= 0.6 is 0 Å². The first-order chi connectivity index (χ1) is 7.67. The van der Waals surface area contributed by atoms with E-state index in [1.54, 1.807) is 19.2 Å². The summed E-state index contributed by atoms with van der Waals surface area (Å²) in [4.78, 5) is 3.74. The van der Waals surface area contributed by atoms with Crippen LogP contribution < -0.4 is 15.8 Å². The maximum Gasteiger partial charge on any atom is 0.188 e. The Hall–Kier alpha value is -1.78. The third-order valence-corrected chi connectivity index (χ3v) is 2.20. The number of hydrogen-bond donors (Lipinski definition) is 2. The van der Waals surface area contributed by atoms with Gasteiger partial charge in [-0.1, -0.05) is 6.07 Å². The van der Waals surface area contributed by atoms with E-state index in [2.05, 4.69) is 10.3 Å². The molecule has 0 radical (unpaired) electrons. The zero-order chi connectivity index (χ0) is 12.0. The van der Waals surface area contributed by atoms with E-state index >= 15 is 0 Å². The van der Waals surface area contributed by atoms with Crippen molar-refractivity contribution in [2.45, 2.75) is 6.42 Å². The van der Waals surface area contributed by atoms with Gasteiger partial charge in [-0.2, -0.15) is 0 Å². The summed E-state index contributed by atoms with van der Waals surface area (Å²) in [5, 5.41) is 2.87. The largest absolute Gasteiger partial charge is 0.497 e. The van der Waals surface area contributed by atoms with Gasteiger partial charge in [-0.05, 0) is 18.1 Å². The summed E-state index contributed by atoms with van der Waals surface area (Å²) in [6, 6.07) is 4.80. The van der Waals surface area contributed by atoms with Crippen LogP contribution in [0.3, 0.4) is 0 Å². The molecule has 0 saturated heterocycles. The smallest absolute Gasteiger partial charge is 0.188 e. The highest BCUT2D eigenvalue weighted by Crippen LogP contribution is 2.16. The second kappa shape index (κ2) is 5.95. The summed E-state index contributed by atoms with van der Waals surface area (Å²) in [7, 11) is 3.10. The van der Waals surface area contributed by atoms with Crippen molar-refractivity contribution in [2.24, 2.45) is 10.7 Å². The van der Waals surface area contributed by atoms with Crippen LogP contribution in [0.4, 0.5) is 4.39 Å². The third kappa shape index (κ3) is 3.42. The number of guanidine groups is 1. The van der Waals surface area contributed by atoms with Gasteiger partial charge in [-0.3, -0.25) is 4.99 Å². The molecule has 0 unspecified atom stereocenters. The molecule has 16 heavy (non-hydrogen) atoms. The minimum atomic E-state index is -0.270. The number of hydrogen-bond acceptors (Lipinski definition) is 2. The predicted molar refractivity (Wildman–Crippen MR) is 62.2 cm³/mol. The molecule has 3 N–H and O–H groups in total. The maximum atomic E-state index is 13.5. The number of rotatable bonds is 4. The van der Waals surface area contributed by atoms with Crippen LogP contribution in [0.15, 0.2) is 23.2 Å². The average Bonchev–Trinajstić information content (AvgIpc) is 2.30. The van der Waals surface area contributed by atoms with Crippen molar-refractivity contribution in [2.75, 3.05) is 20.7 Å². The van der Waals surface area contributed by atoms with Crippen LogP contribution in [0.2, 0.25) is 0 Å². The molecule has 0 heterocycles. The molecule has 0 spiro atoms. The van der Waals surface area contributed by atoms with Gasteiger partial charge >= 0.3 is 0 Å². The Morgan fingerprint density at radius 3 is 2.88 bits per heavy atom. The Morgan fingerprint density at radius 1 is 1.56 bits per heavy atom. The lowest BCUT2D eigenvalue weighted by Crippen LogP contribution is -2.32. The van der Waals surface area contributed by atoms with E-state index in [0.29, 0.717) is 30.2 Å². The Labute approximate surface area is 94.3 Å². The number of ether oxygens (including phenoxy) is 1. The number of benzene rings is 1. The van der Waals surface area contributed by atoms with E-state index in [9.17, 15) is 4.39 Å². The molecular formula is C11H16FN3O. The van der Waals surface area contributed by atoms with Crippen LogP contribution in [0, 0.1) is 5.82 Å². The van der Waals surface area contributed by atoms with E-state index in [1.165, 1.54) is 13.2 Å². The van der Waals surface area contributed by atoms with Gasteiger partial charge in [-0.15, -0.1) is 0 Å². The quantitative estimate of drug-likeness (QED) is 0.591. The molecule has 0 aliphatic rings. The predicted octanol–water partition coefficient (Wildman–Crippen LogP) is 0.911. The highest BCUT2D eigenvalue weighted by Gasteiger charge is 2.03. The molecule has 4 nitrogen and oxygen atoms in total. The second-order valence-electron chi connectivity index (χ2n) is 3.24. The number of nitrogens with two attached hydrogens (primary N) is 1. The molecular weight excluding hydrogens is 209 g/mol. The normalized spacial score (nSPS) is 11.3. The van der Waals surface area contributed by atoms with E-state index in [4.69, 9.17) is 10.5 Å². The van der Waals surface area contributed by atoms with Crippen LogP contribution in [-0.2, 0) is 6.42 Å². The molecule has 0 atom stereocenters. The van der Waals surface area contributed by atoms with Gasteiger partial charge < -0.3 is 15.8 Å². The Bertz CT molecular complexity index is 379. The number of aliphatic imine (C=N–C) groups is 1. The van der Waals surface area contributed by atoms with Gasteiger partial charge in [0.05, 0.1) is 7.11 Å². The molecule has 1 rings (SSSR count). The highest BCUT2D eigenvalue weighted by atomic mass is 19.1. The van der Waals surface area contributed by atoms with Crippen LogP contribution in [0.5, 0.6) is 5.75 Å². The first kappa shape index (κ1) is 12.3. The number of nitrogens with one attached hydrogen (secondary N) is 1. The first-order valence-electron chi connectivity index (χ1n) is 4.96. The SMILES string of the molecule is CN=C(N)NCCc1ccc(OC)cc1F. The van der Waals surface area contributed by atoms with Crippen molar-refractivity contribution in [3.63, 3.8) is 0 Å². The van der Waals surface area contributed by atoms with Crippen LogP contribution in [-0.4, -0.2) is 26.7 Å². The third-order valence-electron chi connectivity index (χ3n) is 2.20. The lowest BCUT2D eigenvalue weighted by molar-refractivity contribution is 0.410. The molecule has 0 aromatic heterocycles. The molecule has 1 aromatic carbocycles. The standard InChI is InChI=1S/C11H16FN3O/c1-14-11(13)15-6-5-8-3-4-9(16-2)7-10(8)12/h3-4,7H,5-6H2,1-2H3,(H3,13,14,15). The van der Waals surface area contributed by atoms with Gasteiger partial charge in [0.2, 0.25) is 0 Å². The van der Waals surface area contributed by atoms with Gasteiger partial charge in [0.1, 0.15) is 11.6 Å². The molecule has 88 valence electrons. The Kier molecular flexibility index (Phi) is 4.57. The molecule has 0 saturated carbocycles. The second-order valence-corrected chi connectivity index (χ2v) is 3.24. The molecule has 5 heteroatoms. The monoisotopic (exact) mass is 225 g/mol. The summed E-state index contributed by atoms with van der Waals surface area (Å²) in [5.74, 6) is 0.603. The molecule has 0 bridgehead atoms. The number of nitrogens with zero attached hydrogens (tertiary/aromatic N) is 1. The molecule has 0 aliphatic heterocycles. The van der Waals surface area contributed by atoms with E-state index in [0.717, 1.165) is 0 Å². The van der Waals surface area contributed by atoms with Gasteiger partial charge in [0.25, 0.3) is 0 Å². The molecule has 0 amide bonds. The van der Waals surface area contributed by atoms with E-state index in [1.807, 2.05) is 0 Å². The first-order valence-corrected chi connectivity index (χ1v) is 4.96. The summed E-state index contributed by atoms with van der Waals surface area (Å²) < 4.78 is 18.4. The Balaban J connectivity index is 2.54. The van der Waals surface area contributed by atoms with Crippen molar-refractivity contribution >= 4 is 5.96 Å². The van der Waals surface area contributed by atoms with Crippen LogP contribution in [0.1, 0.15) is 5.56 Å². The van der Waals surface area contributed by atoms with E-state index in [-0.39, 0.29) is 5.82 Å². The fraction of sp³-hybridized carbons (Fsp3) is 0.364. The topological polar surface area (TPSA) is 59.6 Å². The van der Waals surface area contributed by atoms with Gasteiger partial charge in [0.15, 0.2) is 5.96 Å². The van der Waals surface area contributed by atoms with Gasteiger partial charge in [-0.25, -0.2) is 4.39 Å². The van der Waals surface area contributed by atoms with Crippen molar-refractivity contribution < 1.29 is 9.13 Å². The zero-order valence-corrected chi connectivity index (χ0v) is 9.46. The average molecular weight is 225 g/mol. The van der Waals surface area contributed by atoms with Crippen LogP contribution in [0.25, 0.3) is 0 Å². The van der Waals surface area contributed by atoms with Crippen molar-refractivity contribution in [1.29, 1.82) is 0 Å². The van der Waals surface area contributed by atoms with Crippen molar-refractivity contribution in [3.05, 3.63) is 29.6 Å². The number of halogens is 1. The zero-order valence-electron chi connectivity index (χ0n) is 9.46. The lowest BCUT2D eigenvalue weighted by Gasteiger charge is -2.07. The Morgan fingerprint density at radius 2 is 2.31 bits per heavy atom. The van der Waals surface area contributed by atoms with Crippen molar-refractivity contribution in [3.8, 4) is 5.75 Å². The fourth-order valence-electron chi connectivity index (χ4n) is 1.26.